The van der Waals surface area contributed by atoms with Gasteiger partial charge in [0, 0.05) is 18.8 Å². The first-order chi connectivity index (χ1) is 9.58. The van der Waals surface area contributed by atoms with E-state index in [4.69, 9.17) is 10.5 Å². The summed E-state index contributed by atoms with van der Waals surface area (Å²) in [5.41, 5.74) is 8.40. The number of hydrogen-bond donors (Lipinski definition) is 1. The fourth-order valence-electron chi connectivity index (χ4n) is 2.14. The van der Waals surface area contributed by atoms with E-state index in [1.54, 1.807) is 13.2 Å². The molecule has 0 aromatic heterocycles. The van der Waals surface area contributed by atoms with Crippen molar-refractivity contribution in [1.82, 2.24) is 4.90 Å². The zero-order valence-corrected chi connectivity index (χ0v) is 11.8. The molecule has 0 saturated heterocycles. The van der Waals surface area contributed by atoms with Gasteiger partial charge in [0.15, 0.2) is 0 Å². The third kappa shape index (κ3) is 3.71. The maximum Gasteiger partial charge on any atom is 0.125 e. The van der Waals surface area contributed by atoms with Crippen LogP contribution < -0.4 is 10.5 Å². The molecule has 0 radical (unpaired) electrons. The highest BCUT2D eigenvalue weighted by molar-refractivity contribution is 5.46. The van der Waals surface area contributed by atoms with Crippen molar-refractivity contribution in [3.05, 3.63) is 59.4 Å². The number of rotatable bonds is 5. The van der Waals surface area contributed by atoms with E-state index in [1.165, 1.54) is 12.1 Å². The van der Waals surface area contributed by atoms with Gasteiger partial charge in [-0.3, -0.25) is 4.90 Å². The van der Waals surface area contributed by atoms with Gasteiger partial charge < -0.3 is 10.5 Å². The second-order valence-electron chi connectivity index (χ2n) is 4.87. The van der Waals surface area contributed by atoms with Crippen molar-refractivity contribution in [3.8, 4) is 5.75 Å². The Kier molecular flexibility index (Phi) is 4.58. The average molecular weight is 274 g/mol. The van der Waals surface area contributed by atoms with Crippen molar-refractivity contribution < 1.29 is 9.13 Å². The van der Waals surface area contributed by atoms with E-state index in [-0.39, 0.29) is 5.82 Å². The number of nitrogens with zero attached hydrogens (tertiary/aromatic N) is 1. The Morgan fingerprint density at radius 1 is 1.15 bits per heavy atom. The monoisotopic (exact) mass is 274 g/mol. The van der Waals surface area contributed by atoms with Gasteiger partial charge in [-0.2, -0.15) is 0 Å². The first-order valence-corrected chi connectivity index (χ1v) is 6.44. The summed E-state index contributed by atoms with van der Waals surface area (Å²) in [5.74, 6) is 0.541. The Hall–Kier alpha value is -2.07. The molecule has 0 heterocycles. The largest absolute Gasteiger partial charge is 0.497 e. The molecule has 0 spiro atoms. The van der Waals surface area contributed by atoms with Crippen LogP contribution in [0.3, 0.4) is 0 Å². The van der Waals surface area contributed by atoms with Crippen LogP contribution >= 0.6 is 0 Å². The predicted molar refractivity (Wildman–Crippen MR) is 79.0 cm³/mol. The number of anilines is 1. The third-order valence-electron chi connectivity index (χ3n) is 3.13. The molecule has 0 unspecified atom stereocenters. The minimum atomic E-state index is -0.304. The first-order valence-electron chi connectivity index (χ1n) is 6.44. The first kappa shape index (κ1) is 14.3. The number of halogens is 1. The molecule has 2 aromatic carbocycles. The smallest absolute Gasteiger partial charge is 0.125 e. The van der Waals surface area contributed by atoms with Crippen molar-refractivity contribution in [2.45, 2.75) is 13.1 Å². The molecule has 0 aliphatic carbocycles. The number of ether oxygens (including phenoxy) is 1. The van der Waals surface area contributed by atoms with E-state index >= 15 is 0 Å². The zero-order valence-electron chi connectivity index (χ0n) is 11.8. The molecule has 4 heteroatoms. The molecule has 0 amide bonds. The molecular formula is C16H19FN2O. The van der Waals surface area contributed by atoms with Gasteiger partial charge in [-0.15, -0.1) is 0 Å². The van der Waals surface area contributed by atoms with Crippen LogP contribution in [-0.2, 0) is 13.1 Å². The van der Waals surface area contributed by atoms with Crippen LogP contribution in [0.2, 0.25) is 0 Å². The fraction of sp³-hybridized carbons (Fsp3) is 0.250. The van der Waals surface area contributed by atoms with Crippen LogP contribution in [0.4, 0.5) is 10.1 Å². The standard InChI is InChI=1S/C16H19FN2O/c1-19(10-12-4-3-5-15(8-12)20-2)11-13-6-7-14(17)9-16(13)18/h3-9H,10-11,18H2,1-2H3. The van der Waals surface area contributed by atoms with Gasteiger partial charge in [0.05, 0.1) is 7.11 Å². The van der Waals surface area contributed by atoms with Crippen LogP contribution in [0.5, 0.6) is 5.75 Å². The normalized spacial score (nSPS) is 10.8. The van der Waals surface area contributed by atoms with E-state index in [9.17, 15) is 4.39 Å². The van der Waals surface area contributed by atoms with Crippen molar-refractivity contribution in [1.29, 1.82) is 0 Å². The molecule has 2 aromatic rings. The van der Waals surface area contributed by atoms with Crippen LogP contribution in [0.15, 0.2) is 42.5 Å². The molecule has 0 fully saturated rings. The van der Waals surface area contributed by atoms with E-state index in [1.807, 2.05) is 31.3 Å². The van der Waals surface area contributed by atoms with Gasteiger partial charge in [-0.05, 0) is 42.4 Å². The van der Waals surface area contributed by atoms with E-state index in [0.29, 0.717) is 12.2 Å². The summed E-state index contributed by atoms with van der Waals surface area (Å²) in [6, 6.07) is 12.5. The molecule has 106 valence electrons. The fourth-order valence-corrected chi connectivity index (χ4v) is 2.14. The summed E-state index contributed by atoms with van der Waals surface area (Å²) >= 11 is 0. The summed E-state index contributed by atoms with van der Waals surface area (Å²) in [6.07, 6.45) is 0. The summed E-state index contributed by atoms with van der Waals surface area (Å²) in [5, 5.41) is 0. The number of nitrogen functional groups attached to an aromatic ring is 1. The van der Waals surface area contributed by atoms with Crippen molar-refractivity contribution in [2.24, 2.45) is 0 Å². The second-order valence-corrected chi connectivity index (χ2v) is 4.87. The molecule has 0 aliphatic rings. The number of hydrogen-bond acceptors (Lipinski definition) is 3. The Morgan fingerprint density at radius 3 is 2.65 bits per heavy atom. The highest BCUT2D eigenvalue weighted by Crippen LogP contribution is 2.18. The van der Waals surface area contributed by atoms with Crippen LogP contribution in [0, 0.1) is 5.82 Å². The highest BCUT2D eigenvalue weighted by Gasteiger charge is 2.06. The topological polar surface area (TPSA) is 38.5 Å². The molecule has 2 N–H and O–H groups in total. The van der Waals surface area contributed by atoms with Crippen molar-refractivity contribution in [2.75, 3.05) is 19.9 Å². The summed E-state index contributed by atoms with van der Waals surface area (Å²) in [6.45, 7) is 1.44. The van der Waals surface area contributed by atoms with Crippen LogP contribution in [0.1, 0.15) is 11.1 Å². The van der Waals surface area contributed by atoms with Gasteiger partial charge in [0.25, 0.3) is 0 Å². The average Bonchev–Trinajstić information content (AvgIpc) is 2.42. The quantitative estimate of drug-likeness (QED) is 0.852. The maximum absolute atomic E-state index is 13.0. The summed E-state index contributed by atoms with van der Waals surface area (Å²) < 4.78 is 18.2. The minimum Gasteiger partial charge on any atom is -0.497 e. The van der Waals surface area contributed by atoms with Gasteiger partial charge in [-0.25, -0.2) is 4.39 Å². The maximum atomic E-state index is 13.0. The van der Waals surface area contributed by atoms with Crippen molar-refractivity contribution >= 4 is 5.69 Å². The van der Waals surface area contributed by atoms with E-state index in [2.05, 4.69) is 4.90 Å². The summed E-state index contributed by atoms with van der Waals surface area (Å²) in [7, 11) is 3.66. The Morgan fingerprint density at radius 2 is 1.95 bits per heavy atom. The molecular weight excluding hydrogens is 255 g/mol. The Balaban J connectivity index is 2.02. The lowest BCUT2D eigenvalue weighted by molar-refractivity contribution is 0.318. The zero-order chi connectivity index (χ0) is 14.5. The minimum absolute atomic E-state index is 0.304. The molecule has 20 heavy (non-hydrogen) atoms. The lowest BCUT2D eigenvalue weighted by Crippen LogP contribution is -2.18. The SMILES string of the molecule is COc1cccc(CN(C)Cc2ccc(F)cc2N)c1. The van der Waals surface area contributed by atoms with Gasteiger partial charge >= 0.3 is 0 Å². The molecule has 3 nitrogen and oxygen atoms in total. The van der Waals surface area contributed by atoms with Gasteiger partial charge in [0.1, 0.15) is 11.6 Å². The van der Waals surface area contributed by atoms with E-state index in [0.717, 1.165) is 23.4 Å². The molecule has 0 aliphatic heterocycles. The van der Waals surface area contributed by atoms with Crippen molar-refractivity contribution in [3.63, 3.8) is 0 Å². The third-order valence-corrected chi connectivity index (χ3v) is 3.13. The molecule has 2 rings (SSSR count). The Bertz CT molecular complexity index is 586. The number of benzene rings is 2. The number of methoxy groups -OCH3 is 1. The van der Waals surface area contributed by atoms with Gasteiger partial charge in [-0.1, -0.05) is 18.2 Å². The van der Waals surface area contributed by atoms with E-state index < -0.39 is 0 Å². The highest BCUT2D eigenvalue weighted by atomic mass is 19.1. The molecule has 0 saturated carbocycles. The second kappa shape index (κ2) is 6.39. The van der Waals surface area contributed by atoms with Gasteiger partial charge in [0.2, 0.25) is 0 Å². The lowest BCUT2D eigenvalue weighted by Gasteiger charge is -2.18. The molecule has 0 atom stereocenters. The predicted octanol–water partition coefficient (Wildman–Crippen LogP) is 3.05. The summed E-state index contributed by atoms with van der Waals surface area (Å²) in [4.78, 5) is 2.12. The molecule has 0 bridgehead atoms. The lowest BCUT2D eigenvalue weighted by atomic mass is 10.1. The number of nitrogens with two attached hydrogens (primary N) is 1. The van der Waals surface area contributed by atoms with Crippen LogP contribution in [-0.4, -0.2) is 19.1 Å². The Labute approximate surface area is 118 Å². The van der Waals surface area contributed by atoms with Crippen LogP contribution in [0.25, 0.3) is 0 Å².